The Morgan fingerprint density at radius 2 is 2.00 bits per heavy atom. The van der Waals surface area contributed by atoms with E-state index in [1.165, 1.54) is 0 Å². The Hall–Kier alpha value is -1.25. The van der Waals surface area contributed by atoms with Crippen molar-refractivity contribution in [3.05, 3.63) is 27.5 Å². The van der Waals surface area contributed by atoms with E-state index in [9.17, 15) is 26.7 Å². The summed E-state index contributed by atoms with van der Waals surface area (Å²) in [6.07, 6.45) is -8.46. The van der Waals surface area contributed by atoms with Crippen molar-refractivity contribution >= 4 is 21.9 Å². The monoisotopic (exact) mass is 333 g/mol. The molecule has 0 spiro atoms. The number of carboxylic acid groups (broad SMARTS) is 1. The lowest BCUT2D eigenvalue weighted by Gasteiger charge is -2.14. The van der Waals surface area contributed by atoms with E-state index in [0.717, 1.165) is 0 Å². The summed E-state index contributed by atoms with van der Waals surface area (Å²) in [5, 5.41) is 8.48. The number of aromatic nitrogens is 1. The van der Waals surface area contributed by atoms with Crippen LogP contribution in [0, 0.1) is 0 Å². The van der Waals surface area contributed by atoms with Gasteiger partial charge in [-0.25, -0.2) is 8.78 Å². The second kappa shape index (κ2) is 5.17. The normalized spacial score (nSPS) is 11.9. The summed E-state index contributed by atoms with van der Waals surface area (Å²) in [5.74, 6) is -1.44. The van der Waals surface area contributed by atoms with Gasteiger partial charge < -0.3 is 5.11 Å². The van der Waals surface area contributed by atoms with Crippen LogP contribution in [-0.2, 0) is 17.4 Å². The lowest BCUT2D eigenvalue weighted by molar-refractivity contribution is -0.142. The van der Waals surface area contributed by atoms with Crippen LogP contribution in [0.1, 0.15) is 23.2 Å². The molecule has 0 unspecified atom stereocenters. The molecule has 0 aliphatic rings. The molecule has 0 saturated heterocycles. The Balaban J connectivity index is 3.42. The Morgan fingerprint density at radius 1 is 1.44 bits per heavy atom. The summed E-state index contributed by atoms with van der Waals surface area (Å²) in [5.41, 5.74) is -2.97. The molecule has 0 aromatic carbocycles. The minimum absolute atomic E-state index is 0.461. The summed E-state index contributed by atoms with van der Waals surface area (Å²) in [7, 11) is 0. The van der Waals surface area contributed by atoms with E-state index in [2.05, 4.69) is 20.9 Å². The maximum Gasteiger partial charge on any atom is 0.434 e. The Kier molecular flexibility index (Phi) is 4.25. The van der Waals surface area contributed by atoms with Crippen molar-refractivity contribution in [2.24, 2.45) is 0 Å². The van der Waals surface area contributed by atoms with E-state index in [0.29, 0.717) is 6.20 Å². The molecule has 1 aromatic heterocycles. The summed E-state index contributed by atoms with van der Waals surface area (Å²) in [4.78, 5) is 13.4. The smallest absolute Gasteiger partial charge is 0.434 e. The van der Waals surface area contributed by atoms with Gasteiger partial charge in [-0.05, 0) is 21.5 Å². The van der Waals surface area contributed by atoms with Crippen LogP contribution in [0.5, 0.6) is 0 Å². The Labute approximate surface area is 106 Å². The molecule has 0 aliphatic heterocycles. The van der Waals surface area contributed by atoms with Crippen LogP contribution in [-0.4, -0.2) is 16.1 Å². The molecule has 1 heterocycles. The van der Waals surface area contributed by atoms with Gasteiger partial charge in [0, 0.05) is 11.8 Å². The van der Waals surface area contributed by atoms with Crippen molar-refractivity contribution in [2.75, 3.05) is 0 Å². The predicted octanol–water partition coefficient (Wildman–Crippen LogP) is 3.43. The minimum Gasteiger partial charge on any atom is -0.481 e. The number of hydrogen-bond donors (Lipinski definition) is 1. The predicted molar refractivity (Wildman–Crippen MR) is 53.2 cm³/mol. The van der Waals surface area contributed by atoms with Gasteiger partial charge in [0.05, 0.1) is 10.9 Å². The van der Waals surface area contributed by atoms with Crippen molar-refractivity contribution in [1.82, 2.24) is 4.98 Å². The Morgan fingerprint density at radius 3 is 2.39 bits per heavy atom. The summed E-state index contributed by atoms with van der Waals surface area (Å²) >= 11 is 2.40. The first-order chi connectivity index (χ1) is 8.14. The standard InChI is InChI=1S/C9H5BrF5NO2/c10-6-5(8(11)12)3(1-4(17)18)2-16-7(6)9(13,14)15/h2,8H,1H2,(H,17,18). The van der Waals surface area contributed by atoms with Gasteiger partial charge in [0.1, 0.15) is 0 Å². The zero-order valence-corrected chi connectivity index (χ0v) is 10.0. The highest BCUT2D eigenvalue weighted by Crippen LogP contribution is 2.39. The molecule has 1 rings (SSSR count). The van der Waals surface area contributed by atoms with E-state index in [-0.39, 0.29) is 0 Å². The van der Waals surface area contributed by atoms with Crippen LogP contribution < -0.4 is 0 Å². The molecule has 0 amide bonds. The first-order valence-electron chi connectivity index (χ1n) is 4.39. The lowest BCUT2D eigenvalue weighted by Crippen LogP contribution is -2.14. The summed E-state index contributed by atoms with van der Waals surface area (Å²) in [6, 6.07) is 0. The fourth-order valence-electron chi connectivity index (χ4n) is 1.27. The van der Waals surface area contributed by atoms with Crippen LogP contribution in [0.4, 0.5) is 22.0 Å². The number of aliphatic carboxylic acids is 1. The zero-order chi connectivity index (χ0) is 14.1. The van der Waals surface area contributed by atoms with Crippen molar-refractivity contribution in [3.63, 3.8) is 0 Å². The van der Waals surface area contributed by atoms with Crippen molar-refractivity contribution in [1.29, 1.82) is 0 Å². The molecule has 1 N–H and O–H groups in total. The molecular formula is C9H5BrF5NO2. The molecule has 0 atom stereocenters. The van der Waals surface area contributed by atoms with Crippen LogP contribution in [0.25, 0.3) is 0 Å². The fraction of sp³-hybridized carbons (Fsp3) is 0.333. The van der Waals surface area contributed by atoms with Gasteiger partial charge in [0.15, 0.2) is 5.69 Å². The molecule has 0 aliphatic carbocycles. The average Bonchev–Trinajstić information content (AvgIpc) is 2.13. The van der Waals surface area contributed by atoms with Gasteiger partial charge in [-0.3, -0.25) is 9.78 Å². The van der Waals surface area contributed by atoms with E-state index in [4.69, 9.17) is 5.11 Å². The van der Waals surface area contributed by atoms with Gasteiger partial charge >= 0.3 is 12.1 Å². The number of carbonyl (C=O) groups is 1. The quantitative estimate of drug-likeness (QED) is 0.862. The number of rotatable bonds is 3. The lowest BCUT2D eigenvalue weighted by atomic mass is 10.1. The number of pyridine rings is 1. The van der Waals surface area contributed by atoms with Gasteiger partial charge in [-0.15, -0.1) is 0 Å². The third-order valence-electron chi connectivity index (χ3n) is 1.97. The number of carboxylic acids is 1. The average molecular weight is 334 g/mol. The molecule has 0 saturated carbocycles. The molecule has 0 radical (unpaired) electrons. The van der Waals surface area contributed by atoms with Crippen molar-refractivity contribution < 1.29 is 31.9 Å². The third kappa shape index (κ3) is 3.15. The van der Waals surface area contributed by atoms with Crippen LogP contribution in [0.15, 0.2) is 10.7 Å². The molecule has 100 valence electrons. The topological polar surface area (TPSA) is 50.2 Å². The summed E-state index contributed by atoms with van der Waals surface area (Å²) in [6.45, 7) is 0. The zero-order valence-electron chi connectivity index (χ0n) is 8.43. The highest BCUT2D eigenvalue weighted by atomic mass is 79.9. The third-order valence-corrected chi connectivity index (χ3v) is 2.77. The Bertz CT molecular complexity index is 475. The maximum absolute atomic E-state index is 12.7. The largest absolute Gasteiger partial charge is 0.481 e. The highest BCUT2D eigenvalue weighted by Gasteiger charge is 2.37. The maximum atomic E-state index is 12.7. The van der Waals surface area contributed by atoms with Crippen molar-refractivity contribution in [2.45, 2.75) is 19.0 Å². The summed E-state index contributed by atoms with van der Waals surface area (Å²) < 4.78 is 61.7. The molecule has 1 aromatic rings. The SMILES string of the molecule is O=C(O)Cc1cnc(C(F)(F)F)c(Br)c1C(F)F. The first kappa shape index (κ1) is 14.8. The molecule has 3 nitrogen and oxygen atoms in total. The first-order valence-corrected chi connectivity index (χ1v) is 5.18. The van der Waals surface area contributed by atoms with Crippen LogP contribution in [0.3, 0.4) is 0 Å². The van der Waals surface area contributed by atoms with E-state index >= 15 is 0 Å². The molecule has 0 fully saturated rings. The highest BCUT2D eigenvalue weighted by molar-refractivity contribution is 9.10. The van der Waals surface area contributed by atoms with Gasteiger partial charge in [0.25, 0.3) is 6.43 Å². The molecule has 0 bridgehead atoms. The van der Waals surface area contributed by atoms with Crippen LogP contribution in [0.2, 0.25) is 0 Å². The number of halogens is 6. The van der Waals surface area contributed by atoms with Gasteiger partial charge in [-0.2, -0.15) is 13.2 Å². The number of hydrogen-bond acceptors (Lipinski definition) is 2. The van der Waals surface area contributed by atoms with Crippen molar-refractivity contribution in [3.8, 4) is 0 Å². The molecular weight excluding hydrogens is 329 g/mol. The number of nitrogens with zero attached hydrogens (tertiary/aromatic N) is 1. The molecule has 18 heavy (non-hydrogen) atoms. The second-order valence-corrected chi connectivity index (χ2v) is 4.02. The van der Waals surface area contributed by atoms with E-state index in [1.54, 1.807) is 0 Å². The second-order valence-electron chi connectivity index (χ2n) is 3.23. The van der Waals surface area contributed by atoms with Gasteiger partial charge in [-0.1, -0.05) is 0 Å². The minimum atomic E-state index is -4.90. The van der Waals surface area contributed by atoms with E-state index < -0.39 is 46.3 Å². The van der Waals surface area contributed by atoms with E-state index in [1.807, 2.05) is 0 Å². The molecule has 9 heteroatoms. The van der Waals surface area contributed by atoms with Crippen LogP contribution >= 0.6 is 15.9 Å². The van der Waals surface area contributed by atoms with Gasteiger partial charge in [0.2, 0.25) is 0 Å². The fourth-order valence-corrected chi connectivity index (χ4v) is 2.03. The number of alkyl halides is 5.